The van der Waals surface area contributed by atoms with Crippen molar-refractivity contribution in [1.82, 2.24) is 4.72 Å². The Kier molecular flexibility index (Phi) is 7.38. The molecule has 0 aromatic heterocycles. The average Bonchev–Trinajstić information content (AvgIpc) is 3.09. The molecule has 0 saturated heterocycles. The molecule has 0 aromatic rings. The van der Waals surface area contributed by atoms with Crippen molar-refractivity contribution in [1.29, 1.82) is 0 Å². The van der Waals surface area contributed by atoms with Crippen LogP contribution in [0.4, 0.5) is 0 Å². The van der Waals surface area contributed by atoms with Crippen molar-refractivity contribution in [2.24, 2.45) is 52.3 Å². The molecule has 4 aliphatic rings. The van der Waals surface area contributed by atoms with Crippen molar-refractivity contribution in [2.45, 2.75) is 104 Å². The van der Waals surface area contributed by atoms with E-state index in [4.69, 9.17) is 0 Å². The van der Waals surface area contributed by atoms with Crippen molar-refractivity contribution in [2.75, 3.05) is 6.54 Å². The molecule has 4 fully saturated rings. The van der Waals surface area contributed by atoms with Crippen molar-refractivity contribution in [3.63, 3.8) is 0 Å². The molecule has 0 aromatic carbocycles. The molecule has 6 heteroatoms. The number of thiol groups is 1. The van der Waals surface area contributed by atoms with Crippen LogP contribution in [0.1, 0.15) is 91.9 Å². The van der Waals surface area contributed by atoms with Gasteiger partial charge >= 0.3 is 0 Å². The van der Waals surface area contributed by atoms with Gasteiger partial charge in [0.2, 0.25) is 10.9 Å². The highest BCUT2D eigenvalue weighted by Gasteiger charge is 2.64. The second-order valence-corrected chi connectivity index (χ2v) is 13.2. The molecular formula is C26H47NO4S. The molecule has 4 rings (SSSR count). The van der Waals surface area contributed by atoms with Gasteiger partial charge in [0.05, 0.1) is 12.2 Å². The van der Waals surface area contributed by atoms with E-state index >= 15 is 0 Å². The topological polar surface area (TPSA) is 86.6 Å². The molecule has 2 unspecified atom stereocenters. The van der Waals surface area contributed by atoms with E-state index in [0.29, 0.717) is 48.0 Å². The molecule has 0 aliphatic heterocycles. The second-order valence-electron chi connectivity index (χ2n) is 12.4. The molecule has 186 valence electrons. The third-order valence-electron chi connectivity index (χ3n) is 11.2. The summed E-state index contributed by atoms with van der Waals surface area (Å²) < 4.78 is 24.1. The van der Waals surface area contributed by atoms with Gasteiger partial charge in [0.1, 0.15) is 0 Å². The van der Waals surface area contributed by atoms with Crippen LogP contribution in [0.5, 0.6) is 0 Å². The van der Waals surface area contributed by atoms with E-state index in [-0.39, 0.29) is 23.0 Å². The highest BCUT2D eigenvalue weighted by Crippen LogP contribution is 2.69. The maximum absolute atomic E-state index is 11.8. The van der Waals surface area contributed by atoms with Gasteiger partial charge in [-0.15, -0.1) is 0 Å². The SMILES string of the molecule is CC[C@@H]1C2C[C@H](O)CC[C@@]2(C)[C@H]2CC[C@]3(C)[C@@H]([C@H](C)CCCN[SH](=O)=O)CC[C@H]3C2[C@@H]1O. The van der Waals surface area contributed by atoms with Crippen LogP contribution in [0.2, 0.25) is 0 Å². The summed E-state index contributed by atoms with van der Waals surface area (Å²) in [6.45, 7) is 10.2. The Morgan fingerprint density at radius 1 is 1.00 bits per heavy atom. The third kappa shape index (κ3) is 4.09. The first kappa shape index (κ1) is 24.9. The van der Waals surface area contributed by atoms with Crippen LogP contribution in [0.25, 0.3) is 0 Å². The smallest absolute Gasteiger partial charge is 0.201 e. The van der Waals surface area contributed by atoms with Gasteiger partial charge in [0.25, 0.3) is 0 Å². The van der Waals surface area contributed by atoms with Crippen LogP contribution >= 0.6 is 0 Å². The fraction of sp³-hybridized carbons (Fsp3) is 1.00. The number of rotatable bonds is 7. The summed E-state index contributed by atoms with van der Waals surface area (Å²) in [4.78, 5) is 0. The van der Waals surface area contributed by atoms with Crippen LogP contribution in [0.15, 0.2) is 0 Å². The molecule has 0 radical (unpaired) electrons. The largest absolute Gasteiger partial charge is 0.393 e. The summed E-state index contributed by atoms with van der Waals surface area (Å²) in [5.74, 6) is 3.60. The highest BCUT2D eigenvalue weighted by molar-refractivity contribution is 7.70. The fourth-order valence-electron chi connectivity index (χ4n) is 9.73. The first-order chi connectivity index (χ1) is 15.1. The number of hydrogen-bond donors (Lipinski definition) is 4. The predicted molar refractivity (Wildman–Crippen MR) is 128 cm³/mol. The van der Waals surface area contributed by atoms with Gasteiger partial charge in [0.15, 0.2) is 0 Å². The Morgan fingerprint density at radius 3 is 2.38 bits per heavy atom. The Hall–Kier alpha value is -0.170. The standard InChI is InChI=1S/C26H47NO4S/c1-5-18-22-15-17(28)10-12-26(22,4)21-11-13-25(3)19(8-9-20(25)23(21)24(18)29)16(2)7-6-14-27-32(30)31/h16-24,28-29,32H,5-15H2,1-4H3,(H,27,30,31)/t16-,17-,18-,19-,20+,21+,22?,23?,24-,25-,26+/m1/s1. The molecule has 32 heavy (non-hydrogen) atoms. The lowest BCUT2D eigenvalue weighted by Gasteiger charge is -2.64. The zero-order valence-electron chi connectivity index (χ0n) is 20.6. The van der Waals surface area contributed by atoms with Crippen LogP contribution in [0, 0.1) is 52.3 Å². The van der Waals surface area contributed by atoms with Gasteiger partial charge in [-0.05, 0) is 110 Å². The van der Waals surface area contributed by atoms with Gasteiger partial charge < -0.3 is 10.2 Å². The van der Waals surface area contributed by atoms with Gasteiger partial charge in [-0.3, -0.25) is 0 Å². The van der Waals surface area contributed by atoms with E-state index in [9.17, 15) is 18.6 Å². The molecule has 3 N–H and O–H groups in total. The van der Waals surface area contributed by atoms with E-state index < -0.39 is 10.9 Å². The van der Waals surface area contributed by atoms with Crippen molar-refractivity contribution in [3.05, 3.63) is 0 Å². The number of nitrogens with one attached hydrogen (secondary N) is 1. The zero-order valence-corrected chi connectivity index (χ0v) is 21.5. The third-order valence-corrected chi connectivity index (χ3v) is 11.7. The number of aliphatic hydroxyl groups excluding tert-OH is 2. The predicted octanol–water partition coefficient (Wildman–Crippen LogP) is 4.15. The van der Waals surface area contributed by atoms with Crippen LogP contribution in [-0.2, 0) is 10.9 Å². The molecule has 4 saturated carbocycles. The summed E-state index contributed by atoms with van der Waals surface area (Å²) >= 11 is 0. The minimum Gasteiger partial charge on any atom is -0.393 e. The lowest BCUT2D eigenvalue weighted by molar-refractivity contribution is -0.203. The summed E-state index contributed by atoms with van der Waals surface area (Å²) in [5, 5.41) is 22.2. The van der Waals surface area contributed by atoms with Gasteiger partial charge in [-0.2, -0.15) is 0 Å². The van der Waals surface area contributed by atoms with E-state index in [1.807, 2.05) is 0 Å². The molecular weight excluding hydrogens is 422 g/mol. The van der Waals surface area contributed by atoms with Gasteiger partial charge in [-0.25, -0.2) is 13.1 Å². The molecule has 0 spiro atoms. The first-order valence-corrected chi connectivity index (χ1v) is 14.5. The van der Waals surface area contributed by atoms with Gasteiger partial charge in [0, 0.05) is 6.54 Å². The molecule has 4 aliphatic carbocycles. The van der Waals surface area contributed by atoms with Crippen molar-refractivity contribution in [3.8, 4) is 0 Å². The maximum Gasteiger partial charge on any atom is 0.201 e. The Morgan fingerprint density at radius 2 is 1.69 bits per heavy atom. The van der Waals surface area contributed by atoms with Crippen LogP contribution in [-0.4, -0.2) is 37.4 Å². The summed E-state index contributed by atoms with van der Waals surface area (Å²) in [6.07, 6.45) is 10.4. The van der Waals surface area contributed by atoms with Crippen LogP contribution < -0.4 is 4.72 Å². The van der Waals surface area contributed by atoms with Crippen molar-refractivity contribution >= 4 is 10.9 Å². The molecule has 5 nitrogen and oxygen atoms in total. The first-order valence-electron chi connectivity index (χ1n) is 13.4. The Balaban J connectivity index is 1.53. The normalized spacial score (nSPS) is 49.3. The summed E-state index contributed by atoms with van der Waals surface area (Å²) in [7, 11) is -2.49. The average molecular weight is 470 g/mol. The van der Waals surface area contributed by atoms with E-state index in [2.05, 4.69) is 32.4 Å². The molecule has 11 atom stereocenters. The lowest BCUT2D eigenvalue weighted by Crippen LogP contribution is -2.62. The Bertz CT molecular complexity index is 735. The maximum atomic E-state index is 11.8. The molecule has 0 heterocycles. The van der Waals surface area contributed by atoms with Gasteiger partial charge in [-0.1, -0.05) is 34.1 Å². The summed E-state index contributed by atoms with van der Waals surface area (Å²) in [6, 6.07) is 0. The van der Waals surface area contributed by atoms with E-state index in [0.717, 1.165) is 38.5 Å². The van der Waals surface area contributed by atoms with Crippen LogP contribution in [0.3, 0.4) is 0 Å². The molecule has 0 bridgehead atoms. The zero-order chi connectivity index (χ0) is 23.3. The molecule has 0 amide bonds. The minimum atomic E-state index is -2.49. The monoisotopic (exact) mass is 469 g/mol. The minimum absolute atomic E-state index is 0.189. The number of fused-ring (bicyclic) bond motifs is 5. The number of hydrogen-bond acceptors (Lipinski definition) is 4. The fourth-order valence-corrected chi connectivity index (χ4v) is 10.1. The quantitative estimate of drug-likeness (QED) is 0.333. The van der Waals surface area contributed by atoms with E-state index in [1.165, 1.54) is 25.7 Å². The lowest BCUT2D eigenvalue weighted by atomic mass is 9.41. The number of aliphatic hydroxyl groups is 2. The highest BCUT2D eigenvalue weighted by atomic mass is 32.2. The van der Waals surface area contributed by atoms with E-state index in [1.54, 1.807) is 0 Å². The summed E-state index contributed by atoms with van der Waals surface area (Å²) in [5.41, 5.74) is 0.546. The second kappa shape index (κ2) is 9.47. The Labute approximate surface area is 197 Å². The van der Waals surface area contributed by atoms with Crippen molar-refractivity contribution < 1.29 is 18.6 Å².